The van der Waals surface area contributed by atoms with E-state index in [2.05, 4.69) is 31.2 Å². The molecule has 3 aliphatic heterocycles. The Morgan fingerprint density at radius 2 is 1.82 bits per heavy atom. The Bertz CT molecular complexity index is 2080. The van der Waals surface area contributed by atoms with Crippen molar-refractivity contribution in [2.24, 2.45) is 5.92 Å². The minimum atomic E-state index is -0.974. The summed E-state index contributed by atoms with van der Waals surface area (Å²) in [6.45, 7) is 5.07. The third-order valence-corrected chi connectivity index (χ3v) is 9.27. The second-order valence-corrected chi connectivity index (χ2v) is 11.8. The molecule has 0 radical (unpaired) electrons. The van der Waals surface area contributed by atoms with E-state index in [1.807, 2.05) is 60.2 Å². The van der Waals surface area contributed by atoms with E-state index in [0.717, 1.165) is 77.2 Å². The molecule has 6 heterocycles. The second kappa shape index (κ2) is 10.2. The summed E-state index contributed by atoms with van der Waals surface area (Å²) in [6, 6.07) is 18.9. The van der Waals surface area contributed by atoms with Gasteiger partial charge in [-0.2, -0.15) is 0 Å². The number of carbonyl (C=O) groups is 1. The molecule has 3 saturated heterocycles. The number of hydrogen-bond donors (Lipinski definition) is 4. The summed E-state index contributed by atoms with van der Waals surface area (Å²) < 4.78 is 1.98. The maximum absolute atomic E-state index is 14.0. The van der Waals surface area contributed by atoms with Gasteiger partial charge >= 0.3 is 5.97 Å². The summed E-state index contributed by atoms with van der Waals surface area (Å²) in [7, 11) is 0. The zero-order chi connectivity index (χ0) is 29.9. The third kappa shape index (κ3) is 4.37. The minimum Gasteiger partial charge on any atom is -0.478 e. The van der Waals surface area contributed by atoms with Gasteiger partial charge in [0.2, 0.25) is 0 Å². The molecule has 0 aliphatic carbocycles. The SMILES string of the molecule is Cc1nccn1-c1cc2[nH]c(=O)c(-c3nc4ccccc4[nH]3)c(N[C@H]3CN4CCC3CC4)c2cc1-c1ccc(C(=O)O)cc1. The van der Waals surface area contributed by atoms with Gasteiger partial charge in [0.1, 0.15) is 17.2 Å². The highest BCUT2D eigenvalue weighted by Crippen LogP contribution is 2.39. The van der Waals surface area contributed by atoms with Crippen molar-refractivity contribution in [1.29, 1.82) is 0 Å². The summed E-state index contributed by atoms with van der Waals surface area (Å²) in [5.74, 6) is 0.853. The van der Waals surface area contributed by atoms with Crippen LogP contribution in [0.2, 0.25) is 0 Å². The minimum absolute atomic E-state index is 0.194. The quantitative estimate of drug-likeness (QED) is 0.205. The number of carboxylic acid groups (broad SMARTS) is 1. The van der Waals surface area contributed by atoms with Crippen LogP contribution in [0.4, 0.5) is 5.69 Å². The van der Waals surface area contributed by atoms with Crippen molar-refractivity contribution in [2.75, 3.05) is 25.0 Å². The van der Waals surface area contributed by atoms with Crippen LogP contribution in [0.15, 0.2) is 77.9 Å². The second-order valence-electron chi connectivity index (χ2n) is 11.8. The summed E-state index contributed by atoms with van der Waals surface area (Å²) in [4.78, 5) is 43.9. The number of carboxylic acids is 1. The van der Waals surface area contributed by atoms with E-state index < -0.39 is 5.97 Å². The summed E-state index contributed by atoms with van der Waals surface area (Å²) in [6.07, 6.45) is 5.89. The molecule has 0 unspecified atom stereocenters. The number of anilines is 1. The van der Waals surface area contributed by atoms with Crippen LogP contribution in [-0.4, -0.2) is 66.2 Å². The van der Waals surface area contributed by atoms with Gasteiger partial charge in [-0.15, -0.1) is 0 Å². The molecular weight excluding hydrogens is 554 g/mol. The molecule has 3 aromatic carbocycles. The first-order valence-corrected chi connectivity index (χ1v) is 14.9. The molecule has 44 heavy (non-hydrogen) atoms. The number of piperidine rings is 3. The van der Waals surface area contributed by atoms with Crippen LogP contribution >= 0.6 is 0 Å². The lowest BCUT2D eigenvalue weighted by molar-refractivity contribution is 0.0697. The molecule has 9 rings (SSSR count). The van der Waals surface area contributed by atoms with Crippen LogP contribution in [-0.2, 0) is 0 Å². The number of nitrogens with zero attached hydrogens (tertiary/aromatic N) is 4. The summed E-state index contributed by atoms with van der Waals surface area (Å²) in [5, 5.41) is 14.2. The average molecular weight is 586 g/mol. The Balaban J connectivity index is 1.39. The van der Waals surface area contributed by atoms with Crippen molar-refractivity contribution < 1.29 is 9.90 Å². The lowest BCUT2D eigenvalue weighted by Gasteiger charge is -2.45. The monoisotopic (exact) mass is 585 g/mol. The molecule has 4 N–H and O–H groups in total. The molecule has 6 aromatic rings. The number of aromatic nitrogens is 5. The van der Waals surface area contributed by atoms with E-state index in [1.165, 1.54) is 0 Å². The fourth-order valence-corrected chi connectivity index (χ4v) is 6.95. The molecule has 10 nitrogen and oxygen atoms in total. The Labute approximate surface area is 252 Å². The van der Waals surface area contributed by atoms with Gasteiger partial charge in [0.15, 0.2) is 0 Å². The van der Waals surface area contributed by atoms with E-state index in [0.29, 0.717) is 22.8 Å². The van der Waals surface area contributed by atoms with E-state index in [1.54, 1.807) is 18.3 Å². The summed E-state index contributed by atoms with van der Waals surface area (Å²) in [5.41, 5.74) is 6.12. The Morgan fingerprint density at radius 3 is 2.50 bits per heavy atom. The smallest absolute Gasteiger partial charge is 0.335 e. The zero-order valence-electron chi connectivity index (χ0n) is 24.2. The van der Waals surface area contributed by atoms with Crippen LogP contribution in [0.25, 0.3) is 50.1 Å². The van der Waals surface area contributed by atoms with Crippen LogP contribution in [0.1, 0.15) is 29.0 Å². The van der Waals surface area contributed by atoms with Gasteiger partial charge in [0.25, 0.3) is 5.56 Å². The van der Waals surface area contributed by atoms with Crippen molar-refractivity contribution in [1.82, 2.24) is 29.4 Å². The molecule has 2 bridgehead atoms. The van der Waals surface area contributed by atoms with Crippen molar-refractivity contribution >= 4 is 33.6 Å². The normalized spacial score (nSPS) is 19.5. The summed E-state index contributed by atoms with van der Waals surface area (Å²) >= 11 is 0. The van der Waals surface area contributed by atoms with Crippen molar-refractivity contribution in [2.45, 2.75) is 25.8 Å². The fraction of sp³-hybridized carbons (Fsp3) is 0.235. The number of fused-ring (bicyclic) bond motifs is 5. The highest BCUT2D eigenvalue weighted by molar-refractivity contribution is 6.03. The first kappa shape index (κ1) is 26.4. The first-order chi connectivity index (χ1) is 21.4. The Kier molecular flexibility index (Phi) is 6.12. The number of rotatable bonds is 6. The molecule has 10 heteroatoms. The molecule has 3 aromatic heterocycles. The molecule has 3 fully saturated rings. The number of aryl methyl sites for hydroxylation is 1. The van der Waals surface area contributed by atoms with Gasteiger partial charge in [-0.1, -0.05) is 24.3 Å². The van der Waals surface area contributed by atoms with E-state index in [-0.39, 0.29) is 17.2 Å². The lowest BCUT2D eigenvalue weighted by Crippen LogP contribution is -2.53. The first-order valence-electron chi connectivity index (χ1n) is 14.9. The number of nitrogens with one attached hydrogen (secondary N) is 3. The van der Waals surface area contributed by atoms with E-state index in [9.17, 15) is 14.7 Å². The number of imidazole rings is 2. The Morgan fingerprint density at radius 1 is 1.02 bits per heavy atom. The number of aromatic carboxylic acids is 1. The number of aromatic amines is 2. The van der Waals surface area contributed by atoms with Gasteiger partial charge in [0.05, 0.1) is 33.5 Å². The Hall–Kier alpha value is -5.22. The standard InChI is InChI=1S/C34H31N7O3/c1-19-35-12-15-41(19)29-17-27-24(16-23(29)20-6-8-22(9-7-20)34(43)44)31(36-28-18-40-13-10-21(28)11-14-40)30(33(42)39-27)32-37-25-4-2-3-5-26(25)38-32/h2-9,12,15-17,21,28H,10-11,13-14,18H2,1H3,(H,37,38)(H,43,44)(H2,36,39,42)/t28-/m0/s1. The van der Waals surface area contributed by atoms with Crippen LogP contribution < -0.4 is 10.9 Å². The van der Waals surface area contributed by atoms with E-state index in [4.69, 9.17) is 4.98 Å². The average Bonchev–Trinajstić information content (AvgIpc) is 3.67. The molecule has 3 aliphatic rings. The van der Waals surface area contributed by atoms with Crippen LogP contribution in [0.5, 0.6) is 0 Å². The zero-order valence-corrected chi connectivity index (χ0v) is 24.2. The third-order valence-electron chi connectivity index (χ3n) is 9.27. The van der Waals surface area contributed by atoms with Crippen LogP contribution in [0, 0.1) is 12.8 Å². The topological polar surface area (TPSA) is 132 Å². The fourth-order valence-electron chi connectivity index (χ4n) is 6.95. The molecule has 1 atom stereocenters. The lowest BCUT2D eigenvalue weighted by atomic mass is 9.83. The maximum atomic E-state index is 14.0. The molecular formula is C34H31N7O3. The maximum Gasteiger partial charge on any atom is 0.335 e. The number of para-hydroxylation sites is 2. The van der Waals surface area contributed by atoms with Gasteiger partial charge in [0, 0.05) is 35.9 Å². The van der Waals surface area contributed by atoms with Crippen molar-refractivity contribution in [3.8, 4) is 28.2 Å². The number of hydrogen-bond acceptors (Lipinski definition) is 6. The van der Waals surface area contributed by atoms with Gasteiger partial charge in [-0.3, -0.25) is 4.79 Å². The van der Waals surface area contributed by atoms with Gasteiger partial charge in [-0.05, 0) is 80.7 Å². The largest absolute Gasteiger partial charge is 0.478 e. The van der Waals surface area contributed by atoms with Crippen molar-refractivity contribution in [3.05, 3.63) is 94.8 Å². The molecule has 0 amide bonds. The van der Waals surface area contributed by atoms with Gasteiger partial charge < -0.3 is 29.9 Å². The van der Waals surface area contributed by atoms with Crippen LogP contribution in [0.3, 0.4) is 0 Å². The molecule has 220 valence electrons. The number of benzene rings is 3. The van der Waals surface area contributed by atoms with Gasteiger partial charge in [-0.25, -0.2) is 14.8 Å². The molecule has 0 saturated carbocycles. The predicted octanol–water partition coefficient (Wildman–Crippen LogP) is 5.44. The molecule has 0 spiro atoms. The highest BCUT2D eigenvalue weighted by Gasteiger charge is 2.35. The van der Waals surface area contributed by atoms with Crippen molar-refractivity contribution in [3.63, 3.8) is 0 Å². The highest BCUT2D eigenvalue weighted by atomic mass is 16.4. The predicted molar refractivity (Wildman–Crippen MR) is 170 cm³/mol. The number of pyridine rings is 1. The van der Waals surface area contributed by atoms with E-state index >= 15 is 0 Å². The number of H-pyrrole nitrogens is 2.